The number of halogens is 2. The van der Waals surface area contributed by atoms with Crippen molar-refractivity contribution >= 4 is 6.21 Å². The van der Waals surface area contributed by atoms with Crippen molar-refractivity contribution in [2.24, 2.45) is 10.9 Å². The van der Waals surface area contributed by atoms with Gasteiger partial charge in [0.25, 0.3) is 0 Å². The number of rotatable bonds is 1. The largest absolute Gasteiger partial charge is 0.323 e. The number of aryl methyl sites for hydroxylation is 1. The van der Waals surface area contributed by atoms with Crippen molar-refractivity contribution in [2.45, 2.75) is 6.92 Å². The van der Waals surface area contributed by atoms with E-state index in [4.69, 9.17) is 5.84 Å². The van der Waals surface area contributed by atoms with Crippen molar-refractivity contribution in [2.75, 3.05) is 0 Å². The monoisotopic (exact) mass is 170 g/mol. The van der Waals surface area contributed by atoms with E-state index in [-0.39, 0.29) is 5.56 Å². The van der Waals surface area contributed by atoms with Gasteiger partial charge in [-0.05, 0) is 24.6 Å². The zero-order valence-corrected chi connectivity index (χ0v) is 6.51. The fourth-order valence-corrected chi connectivity index (χ4v) is 0.926. The molecular formula is C8H8F2N2. The van der Waals surface area contributed by atoms with Crippen LogP contribution in [0.3, 0.4) is 0 Å². The topological polar surface area (TPSA) is 38.4 Å². The van der Waals surface area contributed by atoms with Crippen LogP contribution in [0.2, 0.25) is 0 Å². The predicted octanol–water partition coefficient (Wildman–Crippen LogP) is 1.57. The smallest absolute Gasteiger partial charge is 0.167 e. The summed E-state index contributed by atoms with van der Waals surface area (Å²) in [7, 11) is 0. The van der Waals surface area contributed by atoms with E-state index < -0.39 is 11.6 Å². The lowest BCUT2D eigenvalue weighted by Crippen LogP contribution is -1.96. The second-order valence-corrected chi connectivity index (χ2v) is 2.43. The third-order valence-corrected chi connectivity index (χ3v) is 1.41. The summed E-state index contributed by atoms with van der Waals surface area (Å²) in [6.07, 6.45) is 1.07. The summed E-state index contributed by atoms with van der Waals surface area (Å²) >= 11 is 0. The fraction of sp³-hybridized carbons (Fsp3) is 0.125. The van der Waals surface area contributed by atoms with Crippen LogP contribution in [0.5, 0.6) is 0 Å². The van der Waals surface area contributed by atoms with Crippen molar-refractivity contribution < 1.29 is 8.78 Å². The molecule has 0 aliphatic carbocycles. The van der Waals surface area contributed by atoms with Crippen molar-refractivity contribution in [1.82, 2.24) is 0 Å². The van der Waals surface area contributed by atoms with Gasteiger partial charge in [0.2, 0.25) is 0 Å². The van der Waals surface area contributed by atoms with Crippen LogP contribution >= 0.6 is 0 Å². The molecular weight excluding hydrogens is 162 g/mol. The van der Waals surface area contributed by atoms with Crippen molar-refractivity contribution in [3.8, 4) is 0 Å². The van der Waals surface area contributed by atoms with E-state index in [1.54, 1.807) is 6.92 Å². The number of benzene rings is 1. The molecule has 0 unspecified atom stereocenters. The molecule has 64 valence electrons. The highest BCUT2D eigenvalue weighted by Gasteiger charge is 2.06. The molecule has 0 aromatic heterocycles. The van der Waals surface area contributed by atoms with Crippen LogP contribution in [-0.4, -0.2) is 6.21 Å². The zero-order valence-electron chi connectivity index (χ0n) is 6.51. The standard InChI is InChI=1S/C8H8F2N2/c1-5-2-6(4-12-11)8(10)7(9)3-5/h2-4H,11H2,1H3. The summed E-state index contributed by atoms with van der Waals surface area (Å²) in [4.78, 5) is 0. The maximum atomic E-state index is 12.8. The summed E-state index contributed by atoms with van der Waals surface area (Å²) < 4.78 is 25.5. The van der Waals surface area contributed by atoms with Gasteiger partial charge in [-0.1, -0.05) is 0 Å². The van der Waals surface area contributed by atoms with Gasteiger partial charge in [-0.25, -0.2) is 8.78 Å². The van der Waals surface area contributed by atoms with Gasteiger partial charge in [0.05, 0.1) is 6.21 Å². The van der Waals surface area contributed by atoms with E-state index in [9.17, 15) is 8.78 Å². The van der Waals surface area contributed by atoms with Gasteiger partial charge in [-0.15, -0.1) is 0 Å². The Morgan fingerprint density at radius 2 is 2.08 bits per heavy atom. The minimum absolute atomic E-state index is 0.0648. The van der Waals surface area contributed by atoms with Gasteiger partial charge in [0, 0.05) is 5.56 Å². The van der Waals surface area contributed by atoms with Crippen molar-refractivity contribution in [1.29, 1.82) is 0 Å². The van der Waals surface area contributed by atoms with Crippen LogP contribution in [0.1, 0.15) is 11.1 Å². The minimum atomic E-state index is -0.921. The van der Waals surface area contributed by atoms with Gasteiger partial charge in [-0.2, -0.15) is 5.10 Å². The first-order valence-corrected chi connectivity index (χ1v) is 3.34. The Morgan fingerprint density at radius 1 is 1.42 bits per heavy atom. The second kappa shape index (κ2) is 3.30. The van der Waals surface area contributed by atoms with Gasteiger partial charge in [0.15, 0.2) is 11.6 Å². The van der Waals surface area contributed by atoms with Crippen LogP contribution in [0, 0.1) is 18.6 Å². The molecule has 0 saturated heterocycles. The predicted molar refractivity (Wildman–Crippen MR) is 42.9 cm³/mol. The summed E-state index contributed by atoms with van der Waals surface area (Å²) in [6, 6.07) is 2.58. The average Bonchev–Trinajstić information content (AvgIpc) is 2.00. The maximum absolute atomic E-state index is 12.8. The third kappa shape index (κ3) is 1.58. The highest BCUT2D eigenvalue weighted by molar-refractivity contribution is 5.80. The molecule has 4 heteroatoms. The van der Waals surface area contributed by atoms with Crippen LogP contribution in [0.15, 0.2) is 17.2 Å². The number of nitrogens with zero attached hydrogens (tertiary/aromatic N) is 1. The molecule has 0 atom stereocenters. The fourth-order valence-electron chi connectivity index (χ4n) is 0.926. The van der Waals surface area contributed by atoms with Crippen molar-refractivity contribution in [3.05, 3.63) is 34.9 Å². The molecule has 1 aromatic carbocycles. The molecule has 1 aromatic rings. The van der Waals surface area contributed by atoms with E-state index in [2.05, 4.69) is 5.10 Å². The van der Waals surface area contributed by atoms with E-state index in [0.29, 0.717) is 5.56 Å². The van der Waals surface area contributed by atoms with Crippen LogP contribution < -0.4 is 5.84 Å². The molecule has 2 N–H and O–H groups in total. The molecule has 0 heterocycles. The molecule has 0 radical (unpaired) electrons. The lowest BCUT2D eigenvalue weighted by Gasteiger charge is -1.99. The average molecular weight is 170 g/mol. The Balaban J connectivity index is 3.27. The Morgan fingerprint density at radius 3 is 2.67 bits per heavy atom. The lowest BCUT2D eigenvalue weighted by molar-refractivity contribution is 0.506. The first kappa shape index (κ1) is 8.64. The highest BCUT2D eigenvalue weighted by atomic mass is 19.2. The van der Waals surface area contributed by atoms with Gasteiger partial charge >= 0.3 is 0 Å². The molecule has 0 spiro atoms. The molecule has 2 nitrogen and oxygen atoms in total. The quantitative estimate of drug-likeness (QED) is 0.387. The first-order chi connectivity index (χ1) is 5.65. The number of hydrogen-bond donors (Lipinski definition) is 1. The Hall–Kier alpha value is -1.45. The molecule has 0 saturated carbocycles. The first-order valence-electron chi connectivity index (χ1n) is 3.34. The summed E-state index contributed by atoms with van der Waals surface area (Å²) in [5, 5.41) is 3.12. The lowest BCUT2D eigenvalue weighted by atomic mass is 10.1. The molecule has 0 fully saturated rings. The second-order valence-electron chi connectivity index (χ2n) is 2.43. The van der Waals surface area contributed by atoms with Gasteiger partial charge < -0.3 is 5.84 Å². The van der Waals surface area contributed by atoms with Crippen LogP contribution in [0.4, 0.5) is 8.78 Å². The number of nitrogens with two attached hydrogens (primary N) is 1. The normalized spacial score (nSPS) is 10.9. The summed E-state index contributed by atoms with van der Waals surface area (Å²) in [6.45, 7) is 1.66. The Labute approximate surface area is 68.7 Å². The summed E-state index contributed by atoms with van der Waals surface area (Å²) in [5.41, 5.74) is 0.693. The SMILES string of the molecule is Cc1cc(F)c(F)c(C=NN)c1. The third-order valence-electron chi connectivity index (χ3n) is 1.41. The van der Waals surface area contributed by atoms with E-state index in [1.807, 2.05) is 0 Å². The van der Waals surface area contributed by atoms with Crippen LogP contribution in [-0.2, 0) is 0 Å². The molecule has 0 bridgehead atoms. The highest BCUT2D eigenvalue weighted by Crippen LogP contribution is 2.12. The minimum Gasteiger partial charge on any atom is -0.323 e. The molecule has 0 aliphatic heterocycles. The Kier molecular flexibility index (Phi) is 2.38. The Bertz CT molecular complexity index is 321. The van der Waals surface area contributed by atoms with Crippen LogP contribution in [0.25, 0.3) is 0 Å². The summed E-state index contributed by atoms with van der Waals surface area (Å²) in [5.74, 6) is 3.00. The zero-order chi connectivity index (χ0) is 9.14. The van der Waals surface area contributed by atoms with E-state index >= 15 is 0 Å². The molecule has 1 rings (SSSR count). The molecule has 12 heavy (non-hydrogen) atoms. The van der Waals surface area contributed by atoms with E-state index in [1.165, 1.54) is 6.07 Å². The molecule has 0 aliphatic rings. The van der Waals surface area contributed by atoms with Crippen molar-refractivity contribution in [3.63, 3.8) is 0 Å². The number of hydrazone groups is 1. The molecule has 0 amide bonds. The van der Waals surface area contributed by atoms with E-state index in [0.717, 1.165) is 12.3 Å². The van der Waals surface area contributed by atoms with Gasteiger partial charge in [-0.3, -0.25) is 0 Å². The van der Waals surface area contributed by atoms with Gasteiger partial charge in [0.1, 0.15) is 0 Å². The maximum Gasteiger partial charge on any atom is 0.167 e. The number of hydrogen-bond acceptors (Lipinski definition) is 2.